The van der Waals surface area contributed by atoms with E-state index in [-0.39, 0.29) is 10.7 Å². The van der Waals surface area contributed by atoms with Crippen LogP contribution in [0.1, 0.15) is 15.9 Å². The topological polar surface area (TPSA) is 38.3 Å². The minimum atomic E-state index is -0.632. The molecule has 0 atom stereocenters. The van der Waals surface area contributed by atoms with Crippen LogP contribution in [0.25, 0.3) is 6.08 Å². The second-order valence-corrected chi connectivity index (χ2v) is 6.62. The third-order valence-corrected chi connectivity index (χ3v) is 4.83. The maximum atomic E-state index is 13.6. The zero-order valence-corrected chi connectivity index (χ0v) is 15.8. The Morgan fingerprint density at radius 1 is 0.964 bits per heavy atom. The van der Waals surface area contributed by atoms with Crippen LogP contribution < -0.4 is 9.46 Å². The lowest BCUT2D eigenvalue weighted by atomic mass is 10.1. The second-order valence-electron chi connectivity index (χ2n) is 5.80. The monoisotopic (exact) mass is 397 g/mol. The fraction of sp³-hybridized carbons (Fsp3) is 0.0455. The Bertz CT molecular complexity index is 966. The molecule has 3 aromatic carbocycles. The molecule has 3 aromatic rings. The highest BCUT2D eigenvalue weighted by Crippen LogP contribution is 2.26. The Kier molecular flexibility index (Phi) is 6.45. The van der Waals surface area contributed by atoms with Gasteiger partial charge in [0.1, 0.15) is 17.4 Å². The number of carbonyl (C=O) groups is 1. The van der Waals surface area contributed by atoms with Gasteiger partial charge in [-0.25, -0.2) is 8.78 Å². The van der Waals surface area contributed by atoms with Gasteiger partial charge in [-0.3, -0.25) is 4.79 Å². The van der Waals surface area contributed by atoms with Gasteiger partial charge in [0.25, 0.3) is 0 Å². The third-order valence-electron chi connectivity index (χ3n) is 3.90. The Labute approximate surface area is 166 Å². The summed E-state index contributed by atoms with van der Waals surface area (Å²) in [6.45, 7) is 0. The van der Waals surface area contributed by atoms with Crippen LogP contribution in [0.15, 0.2) is 77.7 Å². The Morgan fingerprint density at radius 3 is 2.21 bits per heavy atom. The molecule has 1 N–H and O–H groups in total. The van der Waals surface area contributed by atoms with Crippen molar-refractivity contribution in [3.05, 3.63) is 95.6 Å². The lowest BCUT2D eigenvalue weighted by Gasteiger charge is -2.07. The van der Waals surface area contributed by atoms with E-state index in [1.165, 1.54) is 24.3 Å². The van der Waals surface area contributed by atoms with E-state index in [4.69, 9.17) is 4.74 Å². The molecule has 0 saturated carbocycles. The first kappa shape index (κ1) is 19.6. The average Bonchev–Trinajstić information content (AvgIpc) is 2.72. The largest absolute Gasteiger partial charge is 0.497 e. The van der Waals surface area contributed by atoms with Crippen LogP contribution in [0.5, 0.6) is 5.75 Å². The summed E-state index contributed by atoms with van der Waals surface area (Å²) in [7, 11) is 1.60. The van der Waals surface area contributed by atoms with E-state index in [0.717, 1.165) is 23.3 Å². The molecular weight excluding hydrogens is 380 g/mol. The molecule has 0 radical (unpaired) electrons. The lowest BCUT2D eigenvalue weighted by molar-refractivity contribution is 0.104. The first-order valence-corrected chi connectivity index (χ1v) is 9.22. The minimum Gasteiger partial charge on any atom is -0.497 e. The Morgan fingerprint density at radius 2 is 1.61 bits per heavy atom. The van der Waals surface area contributed by atoms with Gasteiger partial charge in [0.15, 0.2) is 5.78 Å². The maximum absolute atomic E-state index is 13.6. The first-order valence-electron chi connectivity index (χ1n) is 8.40. The standard InChI is InChI=1S/C22H17F2NO2S/c1-27-18-12-5-15(6-13-18)7-14-21(26)16-8-10-17(11-9-16)25-28-22-19(23)3-2-4-20(22)24/h2-14,25H,1H3/b14-7+. The van der Waals surface area contributed by atoms with E-state index in [0.29, 0.717) is 11.3 Å². The summed E-state index contributed by atoms with van der Waals surface area (Å²) in [6.07, 6.45) is 3.22. The normalized spacial score (nSPS) is 10.8. The van der Waals surface area contributed by atoms with Crippen LogP contribution in [0.2, 0.25) is 0 Å². The van der Waals surface area contributed by atoms with Crippen LogP contribution in [0.3, 0.4) is 0 Å². The summed E-state index contributed by atoms with van der Waals surface area (Å²) in [5, 5.41) is 0. The molecule has 0 amide bonds. The number of allylic oxidation sites excluding steroid dienone is 1. The second kappa shape index (κ2) is 9.19. The third kappa shape index (κ3) is 4.98. The summed E-state index contributed by atoms with van der Waals surface area (Å²) in [6, 6.07) is 17.7. The zero-order valence-electron chi connectivity index (χ0n) is 15.0. The van der Waals surface area contributed by atoms with Gasteiger partial charge in [-0.15, -0.1) is 0 Å². The molecule has 0 saturated heterocycles. The van der Waals surface area contributed by atoms with Crippen molar-refractivity contribution in [3.8, 4) is 5.75 Å². The number of ether oxygens (including phenoxy) is 1. The van der Waals surface area contributed by atoms with E-state index >= 15 is 0 Å². The van der Waals surface area contributed by atoms with Crippen molar-refractivity contribution in [3.63, 3.8) is 0 Å². The molecule has 28 heavy (non-hydrogen) atoms. The molecule has 0 aliphatic carbocycles. The number of hydrogen-bond donors (Lipinski definition) is 1. The van der Waals surface area contributed by atoms with Gasteiger partial charge in [-0.05, 0) is 72.1 Å². The molecule has 142 valence electrons. The van der Waals surface area contributed by atoms with Gasteiger partial charge < -0.3 is 9.46 Å². The van der Waals surface area contributed by atoms with Crippen LogP contribution in [0, 0.1) is 11.6 Å². The van der Waals surface area contributed by atoms with Gasteiger partial charge in [0.05, 0.1) is 12.0 Å². The number of methoxy groups -OCH3 is 1. The van der Waals surface area contributed by atoms with Crippen molar-refractivity contribution in [2.45, 2.75) is 4.90 Å². The highest BCUT2D eigenvalue weighted by Gasteiger charge is 2.09. The van der Waals surface area contributed by atoms with Gasteiger partial charge in [0.2, 0.25) is 0 Å². The molecule has 0 unspecified atom stereocenters. The van der Waals surface area contributed by atoms with E-state index < -0.39 is 11.6 Å². The number of ketones is 1. The number of nitrogens with one attached hydrogen (secondary N) is 1. The molecule has 0 fully saturated rings. The molecule has 0 bridgehead atoms. The van der Waals surface area contributed by atoms with Crippen molar-refractivity contribution in [2.75, 3.05) is 11.8 Å². The first-order chi connectivity index (χ1) is 13.6. The Balaban J connectivity index is 1.61. The number of rotatable bonds is 7. The quantitative estimate of drug-likeness (QED) is 0.302. The summed E-state index contributed by atoms with van der Waals surface area (Å²) in [4.78, 5) is 12.2. The predicted molar refractivity (Wildman–Crippen MR) is 109 cm³/mol. The van der Waals surface area contributed by atoms with Crippen molar-refractivity contribution in [2.24, 2.45) is 0 Å². The zero-order chi connectivity index (χ0) is 19.9. The highest BCUT2D eigenvalue weighted by atomic mass is 32.2. The minimum absolute atomic E-state index is 0.106. The average molecular weight is 397 g/mol. The van der Waals surface area contributed by atoms with E-state index in [1.807, 2.05) is 24.3 Å². The molecule has 3 nitrogen and oxygen atoms in total. The SMILES string of the molecule is COc1ccc(/C=C/C(=O)c2ccc(NSc3c(F)cccc3F)cc2)cc1. The maximum Gasteiger partial charge on any atom is 0.185 e. The molecule has 3 rings (SSSR count). The van der Waals surface area contributed by atoms with Crippen molar-refractivity contribution >= 4 is 29.5 Å². The Hall–Kier alpha value is -3.12. The molecule has 0 heterocycles. The number of halogens is 2. The van der Waals surface area contributed by atoms with Crippen LogP contribution >= 0.6 is 11.9 Å². The summed E-state index contributed by atoms with van der Waals surface area (Å²) in [5.74, 6) is -0.657. The predicted octanol–water partition coefficient (Wildman–Crippen LogP) is 5.99. The number of hydrogen-bond acceptors (Lipinski definition) is 4. The van der Waals surface area contributed by atoms with Crippen molar-refractivity contribution in [1.82, 2.24) is 0 Å². The van der Waals surface area contributed by atoms with Gasteiger partial charge in [-0.2, -0.15) is 0 Å². The molecular formula is C22H17F2NO2S. The van der Waals surface area contributed by atoms with Crippen LogP contribution in [-0.2, 0) is 0 Å². The van der Waals surface area contributed by atoms with Crippen LogP contribution in [-0.4, -0.2) is 12.9 Å². The molecule has 0 aromatic heterocycles. The fourth-order valence-electron chi connectivity index (χ4n) is 2.38. The summed E-state index contributed by atoms with van der Waals surface area (Å²) in [5.41, 5.74) is 2.02. The smallest absolute Gasteiger partial charge is 0.185 e. The fourth-order valence-corrected chi connectivity index (χ4v) is 3.06. The van der Waals surface area contributed by atoms with Gasteiger partial charge in [0, 0.05) is 11.3 Å². The summed E-state index contributed by atoms with van der Waals surface area (Å²) >= 11 is 0.842. The van der Waals surface area contributed by atoms with Crippen molar-refractivity contribution in [1.29, 1.82) is 0 Å². The molecule has 6 heteroatoms. The molecule has 0 spiro atoms. The number of anilines is 1. The van der Waals surface area contributed by atoms with E-state index in [2.05, 4.69) is 4.72 Å². The van der Waals surface area contributed by atoms with Gasteiger partial charge >= 0.3 is 0 Å². The lowest BCUT2D eigenvalue weighted by Crippen LogP contribution is -1.96. The van der Waals surface area contributed by atoms with E-state index in [1.54, 1.807) is 37.5 Å². The van der Waals surface area contributed by atoms with Gasteiger partial charge in [-0.1, -0.05) is 24.3 Å². The number of benzene rings is 3. The molecule has 0 aliphatic rings. The highest BCUT2D eigenvalue weighted by molar-refractivity contribution is 8.00. The van der Waals surface area contributed by atoms with E-state index in [9.17, 15) is 13.6 Å². The number of carbonyl (C=O) groups excluding carboxylic acids is 1. The van der Waals surface area contributed by atoms with Crippen LogP contribution in [0.4, 0.5) is 14.5 Å². The molecule has 0 aliphatic heterocycles. The van der Waals surface area contributed by atoms with Crippen molar-refractivity contribution < 1.29 is 18.3 Å². The summed E-state index contributed by atoms with van der Waals surface area (Å²) < 4.78 is 35.2.